The molecule has 2 heterocycles. The molecule has 58 heavy (non-hydrogen) atoms. The van der Waals surface area contributed by atoms with Crippen LogP contribution in [0.2, 0.25) is 0 Å². The number of aromatic nitrogens is 2. The Kier molecular flexibility index (Phi) is 8.06. The molecular formula is C55H38N2S. The first-order chi connectivity index (χ1) is 28.5. The van der Waals surface area contributed by atoms with Crippen molar-refractivity contribution in [3.8, 4) is 78.4 Å². The van der Waals surface area contributed by atoms with Gasteiger partial charge < -0.3 is 0 Å². The molecule has 2 nitrogen and oxygen atoms in total. The van der Waals surface area contributed by atoms with Gasteiger partial charge in [-0.25, -0.2) is 9.97 Å². The van der Waals surface area contributed by atoms with Crippen molar-refractivity contribution in [2.45, 2.75) is 19.3 Å². The van der Waals surface area contributed by atoms with Crippen LogP contribution < -0.4 is 0 Å². The Bertz CT molecular complexity index is 3180. The first kappa shape index (κ1) is 34.3. The highest BCUT2D eigenvalue weighted by molar-refractivity contribution is 7.25. The van der Waals surface area contributed by atoms with Crippen LogP contribution in [0, 0.1) is 0 Å². The molecule has 8 aromatic carbocycles. The number of hydrogen-bond donors (Lipinski definition) is 0. The summed E-state index contributed by atoms with van der Waals surface area (Å²) < 4.78 is 2.60. The quantitative estimate of drug-likeness (QED) is 0.169. The van der Waals surface area contributed by atoms with E-state index in [0.29, 0.717) is 5.82 Å². The van der Waals surface area contributed by atoms with Crippen LogP contribution in [0.3, 0.4) is 0 Å². The molecule has 0 atom stereocenters. The molecule has 0 N–H and O–H groups in total. The summed E-state index contributed by atoms with van der Waals surface area (Å²) in [6.45, 7) is 4.67. The summed E-state index contributed by atoms with van der Waals surface area (Å²) in [5.41, 5.74) is 17.3. The van der Waals surface area contributed by atoms with Crippen molar-refractivity contribution in [3.63, 3.8) is 0 Å². The molecule has 11 rings (SSSR count). The zero-order chi connectivity index (χ0) is 38.8. The van der Waals surface area contributed by atoms with Crippen molar-refractivity contribution in [2.24, 2.45) is 0 Å². The molecule has 0 radical (unpaired) electrons. The molecule has 0 aliphatic heterocycles. The van der Waals surface area contributed by atoms with Crippen molar-refractivity contribution in [2.75, 3.05) is 0 Å². The summed E-state index contributed by atoms with van der Waals surface area (Å²) in [6.07, 6.45) is 0. The van der Waals surface area contributed by atoms with Gasteiger partial charge in [0.25, 0.3) is 0 Å². The van der Waals surface area contributed by atoms with E-state index in [4.69, 9.17) is 9.97 Å². The first-order valence-electron chi connectivity index (χ1n) is 19.9. The molecule has 0 unspecified atom stereocenters. The normalized spacial score (nSPS) is 12.8. The fourth-order valence-electron chi connectivity index (χ4n) is 8.92. The number of fused-ring (bicyclic) bond motifs is 6. The maximum Gasteiger partial charge on any atom is 0.160 e. The second kappa shape index (κ2) is 13.6. The lowest BCUT2D eigenvalue weighted by atomic mass is 9.82. The van der Waals surface area contributed by atoms with E-state index in [1.165, 1.54) is 64.7 Å². The van der Waals surface area contributed by atoms with Gasteiger partial charge in [0.1, 0.15) is 0 Å². The molecule has 10 aromatic rings. The van der Waals surface area contributed by atoms with Gasteiger partial charge in [0.2, 0.25) is 0 Å². The summed E-state index contributed by atoms with van der Waals surface area (Å²) >= 11 is 1.85. The van der Waals surface area contributed by atoms with Gasteiger partial charge in [-0.05, 0) is 92.0 Å². The topological polar surface area (TPSA) is 25.8 Å². The van der Waals surface area contributed by atoms with Crippen molar-refractivity contribution >= 4 is 31.5 Å². The molecule has 0 bridgehead atoms. The Morgan fingerprint density at radius 1 is 0.362 bits per heavy atom. The molecule has 3 heteroatoms. The van der Waals surface area contributed by atoms with E-state index in [2.05, 4.69) is 202 Å². The summed E-state index contributed by atoms with van der Waals surface area (Å²) in [7, 11) is 0. The first-order valence-corrected chi connectivity index (χ1v) is 20.7. The SMILES string of the molecule is CC1(C)c2ccccc2-c2c(-c3ccc(-c4cc(-c5cc(-c6ccccc6)cc(-c6ccc7c(c6)sc6ccccc67)c5)nc(-c5ccccc5)n4)cc3)cccc21. The van der Waals surface area contributed by atoms with Gasteiger partial charge in [0.05, 0.1) is 11.4 Å². The Morgan fingerprint density at radius 2 is 0.931 bits per heavy atom. The highest BCUT2D eigenvalue weighted by atomic mass is 32.1. The second-order valence-corrected chi connectivity index (χ2v) is 16.9. The van der Waals surface area contributed by atoms with Gasteiger partial charge >= 0.3 is 0 Å². The van der Waals surface area contributed by atoms with Crippen LogP contribution in [0.25, 0.3) is 98.6 Å². The van der Waals surface area contributed by atoms with Gasteiger partial charge in [-0.3, -0.25) is 0 Å². The van der Waals surface area contributed by atoms with Gasteiger partial charge in [-0.2, -0.15) is 0 Å². The van der Waals surface area contributed by atoms with Crippen LogP contribution in [-0.2, 0) is 5.41 Å². The molecule has 1 aliphatic carbocycles. The van der Waals surface area contributed by atoms with Gasteiger partial charge in [-0.1, -0.05) is 172 Å². The minimum absolute atomic E-state index is 0.0455. The number of benzene rings is 8. The minimum atomic E-state index is -0.0455. The van der Waals surface area contributed by atoms with Crippen LogP contribution in [-0.4, -0.2) is 9.97 Å². The van der Waals surface area contributed by atoms with Crippen LogP contribution in [0.4, 0.5) is 0 Å². The molecule has 0 saturated heterocycles. The fourth-order valence-corrected chi connectivity index (χ4v) is 10.1. The summed E-state index contributed by atoms with van der Waals surface area (Å²) in [4.78, 5) is 10.5. The largest absolute Gasteiger partial charge is 0.228 e. The molecule has 0 fully saturated rings. The lowest BCUT2D eigenvalue weighted by molar-refractivity contribution is 0.660. The average molecular weight is 759 g/mol. The minimum Gasteiger partial charge on any atom is -0.228 e. The van der Waals surface area contributed by atoms with Crippen molar-refractivity contribution in [1.82, 2.24) is 9.97 Å². The molecule has 274 valence electrons. The van der Waals surface area contributed by atoms with Gasteiger partial charge in [0.15, 0.2) is 5.82 Å². The summed E-state index contributed by atoms with van der Waals surface area (Å²) in [5, 5.41) is 2.61. The van der Waals surface area contributed by atoms with Gasteiger partial charge in [0, 0.05) is 42.3 Å². The molecule has 0 spiro atoms. The molecule has 1 aliphatic rings. The van der Waals surface area contributed by atoms with Crippen LogP contribution in [0.5, 0.6) is 0 Å². The standard InChI is InChI=1S/C55H38N2S/c1-55(2)47-21-11-9-19-46(47)53-43(20-13-22-48(53)55)36-24-26-37(27-25-36)49-34-50(57-54(56-49)38-16-7-4-8-17-38)42-31-40(35-14-5-3-6-15-35)30-41(32-42)39-28-29-45-44-18-10-12-23-51(44)58-52(45)33-39/h3-34H,1-2H3. The number of thiophene rings is 1. The van der Waals surface area contributed by atoms with E-state index < -0.39 is 0 Å². The number of hydrogen-bond acceptors (Lipinski definition) is 3. The van der Waals surface area contributed by atoms with Crippen LogP contribution >= 0.6 is 11.3 Å². The molecular weight excluding hydrogens is 721 g/mol. The van der Waals surface area contributed by atoms with Crippen molar-refractivity contribution in [3.05, 3.63) is 205 Å². The Balaban J connectivity index is 1.05. The third-order valence-corrected chi connectivity index (χ3v) is 13.0. The van der Waals surface area contributed by atoms with Crippen molar-refractivity contribution in [1.29, 1.82) is 0 Å². The monoisotopic (exact) mass is 758 g/mol. The molecule has 2 aromatic heterocycles. The third-order valence-electron chi connectivity index (χ3n) is 11.9. The Labute approximate surface area is 342 Å². The number of rotatable bonds is 6. The van der Waals surface area contributed by atoms with Crippen LogP contribution in [0.1, 0.15) is 25.0 Å². The molecule has 0 saturated carbocycles. The Morgan fingerprint density at radius 3 is 1.72 bits per heavy atom. The van der Waals surface area contributed by atoms with E-state index in [1.807, 2.05) is 17.4 Å². The van der Waals surface area contributed by atoms with Crippen molar-refractivity contribution < 1.29 is 0 Å². The highest BCUT2D eigenvalue weighted by Crippen LogP contribution is 2.52. The smallest absolute Gasteiger partial charge is 0.160 e. The fraction of sp³-hybridized carbons (Fsp3) is 0.0545. The lowest BCUT2D eigenvalue weighted by Gasteiger charge is -2.21. The zero-order valence-electron chi connectivity index (χ0n) is 32.3. The average Bonchev–Trinajstić information content (AvgIpc) is 3.78. The maximum absolute atomic E-state index is 5.28. The van der Waals surface area contributed by atoms with E-state index >= 15 is 0 Å². The van der Waals surface area contributed by atoms with Gasteiger partial charge in [-0.15, -0.1) is 11.3 Å². The van der Waals surface area contributed by atoms with E-state index in [1.54, 1.807) is 0 Å². The summed E-state index contributed by atoms with van der Waals surface area (Å²) in [6, 6.07) is 70.1. The molecule has 0 amide bonds. The predicted molar refractivity (Wildman–Crippen MR) is 245 cm³/mol. The summed E-state index contributed by atoms with van der Waals surface area (Å²) in [5.74, 6) is 0.704. The van der Waals surface area contributed by atoms with E-state index in [0.717, 1.165) is 39.2 Å². The highest BCUT2D eigenvalue weighted by Gasteiger charge is 2.36. The zero-order valence-corrected chi connectivity index (χ0v) is 33.1. The Hall–Kier alpha value is -6.94. The number of nitrogens with zero attached hydrogens (tertiary/aromatic N) is 2. The van der Waals surface area contributed by atoms with Crippen LogP contribution in [0.15, 0.2) is 194 Å². The maximum atomic E-state index is 5.28. The van der Waals surface area contributed by atoms with E-state index in [-0.39, 0.29) is 5.41 Å². The second-order valence-electron chi connectivity index (χ2n) is 15.8. The van der Waals surface area contributed by atoms with E-state index in [9.17, 15) is 0 Å². The lowest BCUT2D eigenvalue weighted by Crippen LogP contribution is -2.14. The third kappa shape index (κ3) is 5.78. The predicted octanol–water partition coefficient (Wildman–Crippen LogP) is 15.2.